The molecular formula is C18H23FN2O4. The maximum absolute atomic E-state index is 14.4. The van der Waals surface area contributed by atoms with Crippen molar-refractivity contribution in [1.29, 1.82) is 0 Å². The van der Waals surface area contributed by atoms with Crippen LogP contribution in [-0.2, 0) is 9.59 Å². The second-order valence-corrected chi connectivity index (χ2v) is 6.65. The highest BCUT2D eigenvalue weighted by Gasteiger charge is 2.34. The Morgan fingerprint density at radius 2 is 2.08 bits per heavy atom. The average Bonchev–Trinajstić information content (AvgIpc) is 2.86. The largest absolute Gasteiger partial charge is 0.480 e. The highest BCUT2D eigenvalue weighted by Crippen LogP contribution is 2.29. The molecule has 1 aliphatic heterocycles. The normalized spacial score (nSPS) is 15.4. The Labute approximate surface area is 146 Å². The van der Waals surface area contributed by atoms with Crippen molar-refractivity contribution in [3.8, 4) is 5.75 Å². The number of nitrogens with zero attached hydrogens (tertiary/aromatic N) is 2. The molecule has 0 unspecified atom stereocenters. The first-order chi connectivity index (χ1) is 11.7. The van der Waals surface area contributed by atoms with E-state index in [1.807, 2.05) is 13.8 Å². The number of carboxylic acids is 1. The third kappa shape index (κ3) is 4.29. The molecule has 1 heterocycles. The van der Waals surface area contributed by atoms with Gasteiger partial charge < -0.3 is 19.6 Å². The first-order valence-corrected chi connectivity index (χ1v) is 8.08. The summed E-state index contributed by atoms with van der Waals surface area (Å²) >= 11 is 0. The molecule has 25 heavy (non-hydrogen) atoms. The van der Waals surface area contributed by atoms with Crippen LogP contribution in [0.4, 0.5) is 10.1 Å². The third-order valence-corrected chi connectivity index (χ3v) is 3.92. The van der Waals surface area contributed by atoms with E-state index in [9.17, 15) is 19.1 Å². The van der Waals surface area contributed by atoms with E-state index in [2.05, 4.69) is 0 Å². The lowest BCUT2D eigenvalue weighted by Gasteiger charge is -2.25. The van der Waals surface area contributed by atoms with Crippen LogP contribution in [0.25, 0.3) is 0 Å². The Kier molecular flexibility index (Phi) is 5.66. The molecule has 1 aromatic rings. The Morgan fingerprint density at radius 3 is 2.64 bits per heavy atom. The van der Waals surface area contributed by atoms with Crippen LogP contribution in [-0.4, -0.2) is 48.6 Å². The van der Waals surface area contributed by atoms with Crippen LogP contribution < -0.4 is 9.64 Å². The minimum absolute atomic E-state index is 0.00262. The number of carbonyl (C=O) groups is 2. The number of rotatable bonds is 7. The number of halogens is 1. The van der Waals surface area contributed by atoms with Gasteiger partial charge in [0.2, 0.25) is 0 Å². The molecule has 1 aliphatic rings. The van der Waals surface area contributed by atoms with Gasteiger partial charge in [0, 0.05) is 20.2 Å². The number of aliphatic carboxylic acids is 1. The first-order valence-electron chi connectivity index (χ1n) is 8.08. The van der Waals surface area contributed by atoms with Crippen molar-refractivity contribution < 1.29 is 23.8 Å². The van der Waals surface area contributed by atoms with Crippen LogP contribution in [0.1, 0.15) is 20.3 Å². The van der Waals surface area contributed by atoms with Crippen LogP contribution in [0.5, 0.6) is 5.75 Å². The predicted molar refractivity (Wildman–Crippen MR) is 92.0 cm³/mol. The predicted octanol–water partition coefficient (Wildman–Crippen LogP) is 2.50. The summed E-state index contributed by atoms with van der Waals surface area (Å²) in [6.07, 6.45) is 1.56. The molecular weight excluding hydrogens is 327 g/mol. The van der Waals surface area contributed by atoms with E-state index in [1.165, 1.54) is 17.0 Å². The zero-order valence-electron chi connectivity index (χ0n) is 14.8. The standard InChI is InChI=1S/C18H23FN2O4/c1-11(2)8-14(18(23)24)21-10-12(9-16(21)22)25-15-7-5-6-13(17(15)19)20(3)4/h5-7,9,11,14H,8,10H2,1-4H3,(H,23,24)/t14-/m0/s1. The Morgan fingerprint density at radius 1 is 1.40 bits per heavy atom. The summed E-state index contributed by atoms with van der Waals surface area (Å²) in [7, 11) is 3.43. The van der Waals surface area contributed by atoms with E-state index in [4.69, 9.17) is 4.74 Å². The fraction of sp³-hybridized carbons (Fsp3) is 0.444. The number of anilines is 1. The number of benzene rings is 1. The number of hydrogen-bond acceptors (Lipinski definition) is 4. The molecule has 0 radical (unpaired) electrons. The van der Waals surface area contributed by atoms with Crippen molar-refractivity contribution in [2.24, 2.45) is 5.92 Å². The van der Waals surface area contributed by atoms with Crippen LogP contribution >= 0.6 is 0 Å². The summed E-state index contributed by atoms with van der Waals surface area (Å²) in [5.74, 6) is -1.67. The van der Waals surface area contributed by atoms with Crippen LogP contribution in [0, 0.1) is 11.7 Å². The summed E-state index contributed by atoms with van der Waals surface area (Å²) in [6.45, 7) is 3.79. The molecule has 1 aromatic carbocycles. The maximum atomic E-state index is 14.4. The molecule has 0 bridgehead atoms. The number of hydrogen-bond donors (Lipinski definition) is 1. The minimum atomic E-state index is -1.06. The summed E-state index contributed by atoms with van der Waals surface area (Å²) in [5.41, 5.74) is 0.363. The van der Waals surface area contributed by atoms with E-state index in [0.29, 0.717) is 12.1 Å². The van der Waals surface area contributed by atoms with E-state index in [-0.39, 0.29) is 24.0 Å². The molecule has 7 heteroatoms. The summed E-state index contributed by atoms with van der Waals surface area (Å²) in [5, 5.41) is 9.39. The lowest BCUT2D eigenvalue weighted by Crippen LogP contribution is -2.43. The molecule has 2 rings (SSSR count). The third-order valence-electron chi connectivity index (χ3n) is 3.92. The van der Waals surface area contributed by atoms with Crippen molar-refractivity contribution in [1.82, 2.24) is 4.90 Å². The monoisotopic (exact) mass is 350 g/mol. The molecule has 0 saturated carbocycles. The second-order valence-electron chi connectivity index (χ2n) is 6.65. The fourth-order valence-corrected chi connectivity index (χ4v) is 2.71. The van der Waals surface area contributed by atoms with Crippen LogP contribution in [0.3, 0.4) is 0 Å². The quantitative estimate of drug-likeness (QED) is 0.818. The van der Waals surface area contributed by atoms with Gasteiger partial charge in [-0.3, -0.25) is 4.79 Å². The zero-order valence-corrected chi connectivity index (χ0v) is 14.8. The summed E-state index contributed by atoms with van der Waals surface area (Å²) in [6, 6.07) is 3.81. The van der Waals surface area contributed by atoms with E-state index in [1.54, 1.807) is 31.1 Å². The molecule has 0 saturated heterocycles. The molecule has 0 aromatic heterocycles. The van der Waals surface area contributed by atoms with Gasteiger partial charge in [-0.05, 0) is 24.5 Å². The van der Waals surface area contributed by atoms with Gasteiger partial charge in [0.1, 0.15) is 11.8 Å². The van der Waals surface area contributed by atoms with Crippen LogP contribution in [0.2, 0.25) is 0 Å². The number of ether oxygens (including phenoxy) is 1. The van der Waals surface area contributed by atoms with Gasteiger partial charge in [-0.2, -0.15) is 0 Å². The maximum Gasteiger partial charge on any atom is 0.326 e. The zero-order chi connectivity index (χ0) is 18.7. The minimum Gasteiger partial charge on any atom is -0.480 e. The molecule has 0 fully saturated rings. The highest BCUT2D eigenvalue weighted by molar-refractivity contribution is 5.94. The van der Waals surface area contributed by atoms with Crippen molar-refractivity contribution in [3.63, 3.8) is 0 Å². The van der Waals surface area contributed by atoms with Gasteiger partial charge >= 0.3 is 5.97 Å². The number of carboxylic acid groups (broad SMARTS) is 1. The van der Waals surface area contributed by atoms with Crippen molar-refractivity contribution >= 4 is 17.6 Å². The van der Waals surface area contributed by atoms with Gasteiger partial charge in [0.05, 0.1) is 12.2 Å². The first kappa shape index (κ1) is 18.8. The summed E-state index contributed by atoms with van der Waals surface area (Å²) in [4.78, 5) is 26.5. The lowest BCUT2D eigenvalue weighted by atomic mass is 10.0. The molecule has 1 amide bonds. The highest BCUT2D eigenvalue weighted by atomic mass is 19.1. The molecule has 0 aliphatic carbocycles. The van der Waals surface area contributed by atoms with Crippen LogP contribution in [0.15, 0.2) is 30.0 Å². The second kappa shape index (κ2) is 7.55. The molecule has 1 N–H and O–H groups in total. The Hall–Kier alpha value is -2.57. The Bertz CT molecular complexity index is 700. The van der Waals surface area contributed by atoms with Gasteiger partial charge in [0.25, 0.3) is 5.91 Å². The molecule has 6 nitrogen and oxygen atoms in total. The molecule has 1 atom stereocenters. The van der Waals surface area contributed by atoms with Crippen molar-refractivity contribution in [2.75, 3.05) is 25.5 Å². The smallest absolute Gasteiger partial charge is 0.326 e. The van der Waals surface area contributed by atoms with Crippen molar-refractivity contribution in [2.45, 2.75) is 26.3 Å². The SMILES string of the molecule is CC(C)C[C@@H](C(=O)O)N1CC(Oc2cccc(N(C)C)c2F)=CC1=O. The number of carbonyl (C=O) groups excluding carboxylic acids is 1. The topological polar surface area (TPSA) is 70.1 Å². The Balaban J connectivity index is 2.16. The van der Waals surface area contributed by atoms with Gasteiger partial charge in [-0.15, -0.1) is 0 Å². The number of amides is 1. The van der Waals surface area contributed by atoms with Crippen molar-refractivity contribution in [3.05, 3.63) is 35.9 Å². The average molecular weight is 350 g/mol. The van der Waals surface area contributed by atoms with E-state index < -0.39 is 23.7 Å². The molecule has 0 spiro atoms. The summed E-state index contributed by atoms with van der Waals surface area (Å²) < 4.78 is 20.0. The van der Waals surface area contributed by atoms with E-state index in [0.717, 1.165) is 0 Å². The van der Waals surface area contributed by atoms with E-state index >= 15 is 0 Å². The van der Waals surface area contributed by atoms with Gasteiger partial charge in [0.15, 0.2) is 11.6 Å². The van der Waals surface area contributed by atoms with Gasteiger partial charge in [-0.1, -0.05) is 19.9 Å². The fourth-order valence-electron chi connectivity index (χ4n) is 2.71. The van der Waals surface area contributed by atoms with Gasteiger partial charge in [-0.25, -0.2) is 9.18 Å². The lowest BCUT2D eigenvalue weighted by molar-refractivity contribution is -0.148. The molecule has 136 valence electrons.